The summed E-state index contributed by atoms with van der Waals surface area (Å²) in [5.74, 6) is -2.47. The summed E-state index contributed by atoms with van der Waals surface area (Å²) in [6, 6.07) is 17.9. The SMILES string of the molecule is C=C(C(=O)OC)[C@@]1([C@@H]2CCc3ccccc3C2=C(C#N)C#N)C(=O)N(C(=O)OC(C)(C)C)c2ccccc21. The van der Waals surface area contributed by atoms with E-state index in [1.165, 1.54) is 7.11 Å². The first-order valence-electron chi connectivity index (χ1n) is 12.1. The lowest BCUT2D eigenvalue weighted by Gasteiger charge is -2.41. The van der Waals surface area contributed by atoms with Crippen LogP contribution in [0.3, 0.4) is 0 Å². The standard InChI is InChI=1S/C30H27N3O5/c1-18(26(34)37-5)30(23-15-14-19-10-6-7-11-21(19)25(23)20(16-31)17-32)22-12-8-9-13-24(22)33(27(30)35)28(36)38-29(2,3)4/h6-13,23H,1,14-15H2,2-5H3/t23-,30-/m1/s1. The van der Waals surface area contributed by atoms with Gasteiger partial charge in [0.15, 0.2) is 0 Å². The van der Waals surface area contributed by atoms with E-state index in [0.29, 0.717) is 29.5 Å². The minimum absolute atomic E-state index is 0.180. The number of hydrogen-bond acceptors (Lipinski definition) is 7. The molecule has 0 spiro atoms. The van der Waals surface area contributed by atoms with Crippen molar-refractivity contribution in [2.45, 2.75) is 44.6 Å². The van der Waals surface area contributed by atoms with E-state index in [0.717, 1.165) is 10.5 Å². The Balaban J connectivity index is 2.08. The van der Waals surface area contributed by atoms with Gasteiger partial charge in [0.2, 0.25) is 0 Å². The molecule has 4 rings (SSSR count). The van der Waals surface area contributed by atoms with E-state index in [4.69, 9.17) is 9.47 Å². The van der Waals surface area contributed by atoms with Crippen LogP contribution >= 0.6 is 0 Å². The van der Waals surface area contributed by atoms with Crippen molar-refractivity contribution < 1.29 is 23.9 Å². The number of aryl methyl sites for hydroxylation is 1. The minimum Gasteiger partial charge on any atom is -0.466 e. The smallest absolute Gasteiger partial charge is 0.421 e. The fourth-order valence-corrected chi connectivity index (χ4v) is 5.54. The van der Waals surface area contributed by atoms with Gasteiger partial charge in [-0.1, -0.05) is 49.0 Å². The van der Waals surface area contributed by atoms with Crippen molar-refractivity contribution in [2.75, 3.05) is 12.0 Å². The summed E-state index contributed by atoms with van der Waals surface area (Å²) in [6.45, 7) is 9.06. The number of rotatable bonds is 3. The first kappa shape index (κ1) is 26.4. The lowest BCUT2D eigenvalue weighted by molar-refractivity contribution is -0.139. The van der Waals surface area contributed by atoms with Crippen molar-refractivity contribution in [3.63, 3.8) is 0 Å². The Bertz CT molecular complexity index is 1470. The third-order valence-electron chi connectivity index (χ3n) is 6.97. The number of fused-ring (bicyclic) bond motifs is 2. The lowest BCUT2D eigenvalue weighted by atomic mass is 9.58. The van der Waals surface area contributed by atoms with Gasteiger partial charge < -0.3 is 9.47 Å². The molecule has 0 radical (unpaired) electrons. The molecule has 8 heteroatoms. The second kappa shape index (κ2) is 9.64. The van der Waals surface area contributed by atoms with Crippen molar-refractivity contribution in [3.8, 4) is 12.1 Å². The normalized spacial score (nSPS) is 19.9. The molecule has 2 amide bonds. The van der Waals surface area contributed by atoms with Gasteiger partial charge in [0.25, 0.3) is 5.91 Å². The van der Waals surface area contributed by atoms with E-state index >= 15 is 0 Å². The number of para-hydroxylation sites is 1. The number of allylic oxidation sites excluding steroid dienone is 2. The maximum Gasteiger partial charge on any atom is 0.421 e. The predicted molar refractivity (Wildman–Crippen MR) is 139 cm³/mol. The highest BCUT2D eigenvalue weighted by Crippen LogP contribution is 2.57. The van der Waals surface area contributed by atoms with Crippen LogP contribution in [0.1, 0.15) is 43.9 Å². The quantitative estimate of drug-likeness (QED) is 0.324. The molecule has 2 atom stereocenters. The molecule has 0 fully saturated rings. The average Bonchev–Trinajstić information content (AvgIpc) is 3.16. The van der Waals surface area contributed by atoms with Crippen molar-refractivity contribution in [3.05, 3.63) is 82.9 Å². The molecule has 0 unspecified atom stereocenters. The van der Waals surface area contributed by atoms with Gasteiger partial charge in [-0.15, -0.1) is 0 Å². The molecule has 2 aromatic carbocycles. The molecule has 1 aliphatic carbocycles. The largest absolute Gasteiger partial charge is 0.466 e. The summed E-state index contributed by atoms with van der Waals surface area (Å²) in [5, 5.41) is 19.9. The van der Waals surface area contributed by atoms with E-state index in [9.17, 15) is 24.9 Å². The minimum atomic E-state index is -1.83. The number of benzene rings is 2. The maximum absolute atomic E-state index is 14.6. The highest BCUT2D eigenvalue weighted by Gasteiger charge is 2.62. The summed E-state index contributed by atoms with van der Waals surface area (Å²) in [4.78, 5) is 42.0. The molecule has 192 valence electrons. The molecular weight excluding hydrogens is 482 g/mol. The number of ether oxygens (including phenoxy) is 2. The second-order valence-corrected chi connectivity index (χ2v) is 10.2. The van der Waals surface area contributed by atoms with E-state index in [2.05, 4.69) is 6.58 Å². The van der Waals surface area contributed by atoms with E-state index in [1.807, 2.05) is 24.3 Å². The fourth-order valence-electron chi connectivity index (χ4n) is 5.54. The Labute approximate surface area is 221 Å². The van der Waals surface area contributed by atoms with Crippen molar-refractivity contribution in [1.29, 1.82) is 10.5 Å². The molecule has 38 heavy (non-hydrogen) atoms. The number of nitrogens with zero attached hydrogens (tertiary/aromatic N) is 3. The zero-order valence-corrected chi connectivity index (χ0v) is 21.7. The first-order valence-corrected chi connectivity index (χ1v) is 12.1. The molecule has 0 N–H and O–H groups in total. The van der Waals surface area contributed by atoms with Gasteiger partial charge in [0.05, 0.1) is 18.4 Å². The van der Waals surface area contributed by atoms with Crippen LogP contribution in [0.4, 0.5) is 10.5 Å². The van der Waals surface area contributed by atoms with E-state index in [-0.39, 0.29) is 16.8 Å². The van der Waals surface area contributed by atoms with Crippen LogP contribution in [0.15, 0.2) is 66.3 Å². The van der Waals surface area contributed by atoms with Crippen molar-refractivity contribution in [1.82, 2.24) is 0 Å². The highest BCUT2D eigenvalue weighted by molar-refractivity contribution is 6.25. The maximum atomic E-state index is 14.6. The highest BCUT2D eigenvalue weighted by atomic mass is 16.6. The summed E-state index contributed by atoms with van der Waals surface area (Å²) in [6.07, 6.45) is -0.0960. The van der Waals surface area contributed by atoms with Crippen LogP contribution in [0.2, 0.25) is 0 Å². The Kier molecular flexibility index (Phi) is 6.69. The van der Waals surface area contributed by atoms with Crippen LogP contribution in [0, 0.1) is 28.6 Å². The number of carbonyl (C=O) groups is 3. The summed E-state index contributed by atoms with van der Waals surface area (Å²) in [7, 11) is 1.18. The van der Waals surface area contributed by atoms with Gasteiger partial charge >= 0.3 is 12.1 Å². The van der Waals surface area contributed by atoms with Crippen molar-refractivity contribution >= 4 is 29.2 Å². The molecule has 2 aliphatic rings. The number of nitriles is 2. The number of esters is 1. The van der Waals surface area contributed by atoms with E-state index in [1.54, 1.807) is 57.2 Å². The molecule has 0 bridgehead atoms. The third-order valence-corrected chi connectivity index (χ3v) is 6.97. The monoisotopic (exact) mass is 509 g/mol. The number of carbonyl (C=O) groups excluding carboxylic acids is 3. The van der Waals surface area contributed by atoms with Gasteiger partial charge in [-0.05, 0) is 61.9 Å². The van der Waals surface area contributed by atoms with Gasteiger partial charge in [0, 0.05) is 5.92 Å². The molecule has 8 nitrogen and oxygen atoms in total. The third kappa shape index (κ3) is 3.95. The summed E-state index contributed by atoms with van der Waals surface area (Å²) >= 11 is 0. The molecule has 0 aromatic heterocycles. The van der Waals surface area contributed by atoms with Gasteiger partial charge in [0.1, 0.15) is 28.7 Å². The second-order valence-electron chi connectivity index (χ2n) is 10.2. The Hall–Kier alpha value is -4.69. The number of hydrogen-bond donors (Lipinski definition) is 0. The van der Waals surface area contributed by atoms with Crippen molar-refractivity contribution in [2.24, 2.45) is 5.92 Å². The number of imide groups is 1. The number of methoxy groups -OCH3 is 1. The molecule has 1 aliphatic heterocycles. The van der Waals surface area contributed by atoms with Gasteiger partial charge in [-0.3, -0.25) is 4.79 Å². The number of amides is 2. The molecule has 2 aromatic rings. The predicted octanol–water partition coefficient (Wildman–Crippen LogP) is 5.00. The van der Waals surface area contributed by atoms with E-state index < -0.39 is 34.9 Å². The molecule has 0 saturated heterocycles. The Morgan fingerprint density at radius 1 is 1.08 bits per heavy atom. The summed E-state index contributed by atoms with van der Waals surface area (Å²) < 4.78 is 10.6. The molecule has 1 heterocycles. The molecular formula is C30H27N3O5. The summed E-state index contributed by atoms with van der Waals surface area (Å²) in [5.41, 5.74) is -0.642. The molecule has 0 saturated carbocycles. The zero-order chi connectivity index (χ0) is 27.8. The van der Waals surface area contributed by atoms with Crippen LogP contribution in [0.5, 0.6) is 0 Å². The van der Waals surface area contributed by atoms with Gasteiger partial charge in [-0.25, -0.2) is 14.5 Å². The fraction of sp³-hybridized carbons (Fsp3) is 0.300. The van der Waals surface area contributed by atoms with Gasteiger partial charge in [-0.2, -0.15) is 10.5 Å². The average molecular weight is 510 g/mol. The van der Waals surface area contributed by atoms with Crippen LogP contribution in [0.25, 0.3) is 5.57 Å². The Morgan fingerprint density at radius 3 is 2.34 bits per heavy atom. The Morgan fingerprint density at radius 2 is 1.71 bits per heavy atom. The van der Waals surface area contributed by atoms with Crippen LogP contribution < -0.4 is 4.90 Å². The first-order chi connectivity index (χ1) is 18.0. The van der Waals surface area contributed by atoms with Crippen LogP contribution in [-0.2, 0) is 30.9 Å². The lowest BCUT2D eigenvalue weighted by Crippen LogP contribution is -2.52. The zero-order valence-electron chi connectivity index (χ0n) is 21.7. The number of anilines is 1. The topological polar surface area (TPSA) is 120 Å². The van der Waals surface area contributed by atoms with Crippen LogP contribution in [-0.4, -0.2) is 30.7 Å².